The van der Waals surface area contributed by atoms with E-state index >= 15 is 0 Å². The van der Waals surface area contributed by atoms with Crippen molar-refractivity contribution in [3.8, 4) is 11.1 Å². The number of ketones is 1. The Morgan fingerprint density at radius 1 is 1.03 bits per heavy atom. The second-order valence-corrected chi connectivity index (χ2v) is 6.95. The summed E-state index contributed by atoms with van der Waals surface area (Å²) in [5.74, 6) is -1.35. The number of halogens is 2. The molecule has 1 N–H and O–H groups in total. The van der Waals surface area contributed by atoms with Gasteiger partial charge in [0.15, 0.2) is 5.78 Å². The Hall–Kier alpha value is -3.48. The quantitative estimate of drug-likeness (QED) is 0.638. The van der Waals surface area contributed by atoms with E-state index < -0.39 is 11.6 Å². The molecule has 1 aromatic carbocycles. The van der Waals surface area contributed by atoms with Crippen molar-refractivity contribution in [2.45, 2.75) is 19.3 Å². The number of hydrogen-bond donors (Lipinski definition) is 1. The summed E-state index contributed by atoms with van der Waals surface area (Å²) in [4.78, 5) is 32.8. The van der Waals surface area contributed by atoms with Gasteiger partial charge in [-0.15, -0.1) is 0 Å². The van der Waals surface area contributed by atoms with Crippen molar-refractivity contribution in [1.82, 2.24) is 9.97 Å². The van der Waals surface area contributed by atoms with Crippen LogP contribution in [-0.4, -0.2) is 21.7 Å². The summed E-state index contributed by atoms with van der Waals surface area (Å²) >= 11 is 0. The molecule has 0 aliphatic heterocycles. The van der Waals surface area contributed by atoms with Gasteiger partial charge in [0.1, 0.15) is 17.5 Å². The molecule has 7 heteroatoms. The van der Waals surface area contributed by atoms with Crippen LogP contribution in [0.4, 0.5) is 14.6 Å². The first kappa shape index (κ1) is 18.9. The fourth-order valence-electron chi connectivity index (χ4n) is 3.06. The molecule has 0 radical (unpaired) electrons. The van der Waals surface area contributed by atoms with Crippen molar-refractivity contribution >= 4 is 17.5 Å². The number of Topliss-reactive ketones (excluding diaryl/α,β-unsaturated/α-hetero) is 1. The molecule has 146 valence electrons. The number of pyridine rings is 2. The van der Waals surface area contributed by atoms with Crippen LogP contribution in [0.2, 0.25) is 0 Å². The number of rotatable bonds is 6. The van der Waals surface area contributed by atoms with Gasteiger partial charge in [-0.3, -0.25) is 14.6 Å². The van der Waals surface area contributed by atoms with E-state index in [1.54, 1.807) is 12.1 Å². The number of anilines is 1. The zero-order chi connectivity index (χ0) is 20.4. The van der Waals surface area contributed by atoms with Gasteiger partial charge in [0.25, 0.3) is 0 Å². The maximum atomic E-state index is 14.2. The maximum Gasteiger partial charge on any atom is 0.228 e. The Balaban J connectivity index is 1.57. The number of amides is 1. The van der Waals surface area contributed by atoms with Gasteiger partial charge < -0.3 is 5.32 Å². The second-order valence-electron chi connectivity index (χ2n) is 6.95. The molecule has 0 spiro atoms. The van der Waals surface area contributed by atoms with Crippen LogP contribution in [0.3, 0.4) is 0 Å². The topological polar surface area (TPSA) is 72.0 Å². The van der Waals surface area contributed by atoms with Gasteiger partial charge in [0, 0.05) is 48.1 Å². The molecule has 2 aromatic heterocycles. The minimum absolute atomic E-state index is 0.0275. The number of carbonyl (C=O) groups excluding carboxylic acids is 2. The van der Waals surface area contributed by atoms with Crippen molar-refractivity contribution in [3.63, 3.8) is 0 Å². The standard InChI is InChI=1S/C22H17F2N3O2/c23-16-3-4-18(19(24)11-16)17-6-7-25-12-15(17)9-20(28)14-5-8-26-21(10-14)27-22(29)13-1-2-13/h3-8,10-13H,1-2,9H2,(H,26,27,29). The van der Waals surface area contributed by atoms with E-state index in [2.05, 4.69) is 15.3 Å². The highest BCUT2D eigenvalue weighted by molar-refractivity contribution is 6.00. The smallest absolute Gasteiger partial charge is 0.228 e. The lowest BCUT2D eigenvalue weighted by atomic mass is 9.96. The molecule has 1 aliphatic rings. The van der Waals surface area contributed by atoms with Crippen LogP contribution in [0.1, 0.15) is 28.8 Å². The zero-order valence-corrected chi connectivity index (χ0v) is 15.4. The molecule has 0 bridgehead atoms. The first-order valence-electron chi connectivity index (χ1n) is 9.19. The predicted octanol–water partition coefficient (Wildman–Crippen LogP) is 4.20. The number of nitrogens with zero attached hydrogens (tertiary/aromatic N) is 2. The maximum absolute atomic E-state index is 14.2. The van der Waals surface area contributed by atoms with E-state index in [4.69, 9.17) is 0 Å². The Labute approximate surface area is 165 Å². The largest absolute Gasteiger partial charge is 0.310 e. The fourth-order valence-corrected chi connectivity index (χ4v) is 3.06. The van der Waals surface area contributed by atoms with Crippen LogP contribution in [0, 0.1) is 17.6 Å². The molecule has 2 heterocycles. The molecule has 0 unspecified atom stereocenters. The van der Waals surface area contributed by atoms with Crippen LogP contribution >= 0.6 is 0 Å². The Morgan fingerprint density at radius 3 is 2.62 bits per heavy atom. The second kappa shape index (κ2) is 7.87. The van der Waals surface area contributed by atoms with E-state index in [9.17, 15) is 18.4 Å². The number of hydrogen-bond acceptors (Lipinski definition) is 4. The molecule has 1 saturated carbocycles. The summed E-state index contributed by atoms with van der Waals surface area (Å²) < 4.78 is 27.5. The molecule has 0 saturated heterocycles. The third kappa shape index (κ3) is 4.34. The molecule has 1 fully saturated rings. The van der Waals surface area contributed by atoms with Crippen LogP contribution in [0.25, 0.3) is 11.1 Å². The third-order valence-electron chi connectivity index (χ3n) is 4.76. The summed E-state index contributed by atoms with van der Waals surface area (Å²) in [5.41, 5.74) is 1.56. The van der Waals surface area contributed by atoms with Crippen LogP contribution in [0.5, 0.6) is 0 Å². The minimum Gasteiger partial charge on any atom is -0.310 e. The summed E-state index contributed by atoms with van der Waals surface area (Å²) in [6.07, 6.45) is 6.15. The highest BCUT2D eigenvalue weighted by Gasteiger charge is 2.29. The van der Waals surface area contributed by atoms with Gasteiger partial charge in [-0.05, 0) is 54.3 Å². The first-order chi connectivity index (χ1) is 14.0. The minimum atomic E-state index is -0.709. The van der Waals surface area contributed by atoms with Crippen molar-refractivity contribution < 1.29 is 18.4 Å². The molecular formula is C22H17F2N3O2. The van der Waals surface area contributed by atoms with Crippen molar-refractivity contribution in [2.24, 2.45) is 5.92 Å². The summed E-state index contributed by atoms with van der Waals surface area (Å²) in [6.45, 7) is 0. The van der Waals surface area contributed by atoms with E-state index in [1.165, 1.54) is 36.8 Å². The van der Waals surface area contributed by atoms with Gasteiger partial charge in [-0.25, -0.2) is 13.8 Å². The zero-order valence-electron chi connectivity index (χ0n) is 15.4. The Kier molecular flexibility index (Phi) is 5.12. The van der Waals surface area contributed by atoms with Crippen LogP contribution in [0.15, 0.2) is 55.0 Å². The number of benzene rings is 1. The SMILES string of the molecule is O=C(Cc1cnccc1-c1ccc(F)cc1F)c1ccnc(NC(=O)C2CC2)c1. The average Bonchev–Trinajstić information content (AvgIpc) is 3.54. The Morgan fingerprint density at radius 2 is 1.86 bits per heavy atom. The predicted molar refractivity (Wildman–Crippen MR) is 103 cm³/mol. The van der Waals surface area contributed by atoms with Crippen molar-refractivity contribution in [3.05, 3.63) is 77.8 Å². The molecule has 1 amide bonds. The first-order valence-corrected chi connectivity index (χ1v) is 9.19. The van der Waals surface area contributed by atoms with E-state index in [1.807, 2.05) is 0 Å². The fraction of sp³-hybridized carbons (Fsp3) is 0.182. The van der Waals surface area contributed by atoms with Gasteiger partial charge in [-0.2, -0.15) is 0 Å². The van der Waals surface area contributed by atoms with Gasteiger partial charge in [0.2, 0.25) is 5.91 Å². The van der Waals surface area contributed by atoms with Crippen LogP contribution < -0.4 is 5.32 Å². The van der Waals surface area contributed by atoms with Crippen LogP contribution in [-0.2, 0) is 11.2 Å². The third-order valence-corrected chi connectivity index (χ3v) is 4.76. The van der Waals surface area contributed by atoms with Gasteiger partial charge in [-0.1, -0.05) is 0 Å². The summed E-state index contributed by atoms with van der Waals surface area (Å²) in [7, 11) is 0. The molecule has 3 aromatic rings. The number of carbonyl (C=O) groups is 2. The average molecular weight is 393 g/mol. The van der Waals surface area contributed by atoms with E-state index in [-0.39, 0.29) is 29.6 Å². The number of nitrogens with one attached hydrogen (secondary N) is 1. The normalized spacial score (nSPS) is 13.2. The molecule has 29 heavy (non-hydrogen) atoms. The van der Waals surface area contributed by atoms with E-state index in [0.717, 1.165) is 18.9 Å². The monoisotopic (exact) mass is 393 g/mol. The summed E-state index contributed by atoms with van der Waals surface area (Å²) in [5, 5.41) is 2.71. The lowest BCUT2D eigenvalue weighted by Gasteiger charge is -2.10. The Bertz CT molecular complexity index is 1100. The molecule has 5 nitrogen and oxygen atoms in total. The van der Waals surface area contributed by atoms with Crippen molar-refractivity contribution in [1.29, 1.82) is 0 Å². The highest BCUT2D eigenvalue weighted by Crippen LogP contribution is 2.30. The van der Waals surface area contributed by atoms with Crippen molar-refractivity contribution in [2.75, 3.05) is 5.32 Å². The lowest BCUT2D eigenvalue weighted by molar-refractivity contribution is -0.117. The number of aromatic nitrogens is 2. The molecular weight excluding hydrogens is 376 g/mol. The highest BCUT2D eigenvalue weighted by atomic mass is 19.1. The van der Waals surface area contributed by atoms with Gasteiger partial charge in [0.05, 0.1) is 0 Å². The summed E-state index contributed by atoms with van der Waals surface area (Å²) in [6, 6.07) is 7.99. The van der Waals surface area contributed by atoms with E-state index in [0.29, 0.717) is 22.5 Å². The van der Waals surface area contributed by atoms with Gasteiger partial charge >= 0.3 is 0 Å². The molecule has 1 aliphatic carbocycles. The lowest BCUT2D eigenvalue weighted by Crippen LogP contribution is -2.15. The molecule has 0 atom stereocenters. The molecule has 4 rings (SSSR count).